The first-order valence-corrected chi connectivity index (χ1v) is 26.7. The van der Waals surface area contributed by atoms with E-state index in [0.29, 0.717) is 23.3 Å². The van der Waals surface area contributed by atoms with Gasteiger partial charge in [-0.2, -0.15) is 30.7 Å². The lowest BCUT2D eigenvalue weighted by molar-refractivity contribution is -0.287. The lowest BCUT2D eigenvalue weighted by atomic mass is 9.68. The van der Waals surface area contributed by atoms with Crippen LogP contribution in [0, 0.1) is 48.0 Å². The highest BCUT2D eigenvalue weighted by Crippen LogP contribution is 2.45. The molecule has 18 heteroatoms. The Hall–Kier alpha value is -5.16. The highest BCUT2D eigenvalue weighted by molar-refractivity contribution is 6.26. The van der Waals surface area contributed by atoms with Gasteiger partial charge in [-0.3, -0.25) is 9.59 Å². The fourth-order valence-corrected chi connectivity index (χ4v) is 11.3. The van der Waals surface area contributed by atoms with Gasteiger partial charge in [0, 0.05) is 6.07 Å². The molecule has 4 aromatic carbocycles. The molecule has 0 heterocycles. The molecule has 0 aromatic heterocycles. The van der Waals surface area contributed by atoms with Crippen LogP contribution in [-0.4, -0.2) is 48.1 Å². The molecule has 0 bridgehead atoms. The molecule has 4 fully saturated rings. The van der Waals surface area contributed by atoms with Crippen molar-refractivity contribution in [1.29, 1.82) is 0 Å². The Bertz CT molecular complexity index is 2550. The van der Waals surface area contributed by atoms with E-state index in [9.17, 15) is 49.5 Å². The molecule has 0 atom stereocenters. The largest absolute Gasteiger partial charge is 0.465 e. The Balaban J connectivity index is 0.000000226. The summed E-state index contributed by atoms with van der Waals surface area (Å²) < 4.78 is 156. The van der Waals surface area contributed by atoms with E-state index in [1.807, 2.05) is 0 Å². The fraction of sp³-hybridized carbons (Fsp3) is 0.534. The van der Waals surface area contributed by atoms with Crippen LogP contribution < -0.4 is 9.47 Å². The zero-order valence-electron chi connectivity index (χ0n) is 42.4. The van der Waals surface area contributed by atoms with Crippen molar-refractivity contribution in [1.82, 2.24) is 0 Å². The molecule has 4 aromatic rings. The third-order valence-electron chi connectivity index (χ3n) is 15.8. The zero-order valence-corrected chi connectivity index (χ0v) is 43.1. The van der Waals surface area contributed by atoms with E-state index >= 15 is 8.78 Å². The number of aryl methyl sites for hydroxylation is 1. The van der Waals surface area contributed by atoms with E-state index in [1.165, 1.54) is 61.1 Å². The van der Waals surface area contributed by atoms with Gasteiger partial charge in [0.2, 0.25) is 0 Å². The number of alkyl halides is 8. The lowest BCUT2D eigenvalue weighted by Gasteiger charge is -2.37. The number of ether oxygens (including phenoxy) is 4. The van der Waals surface area contributed by atoms with Crippen LogP contribution in [0.5, 0.6) is 11.5 Å². The summed E-state index contributed by atoms with van der Waals surface area (Å²) in [5, 5.41) is 0. The normalized spacial score (nSPS) is 24.4. The summed E-state index contributed by atoms with van der Waals surface area (Å²) in [5.74, 6) is -9.69. The van der Waals surface area contributed by atoms with E-state index < -0.39 is 65.4 Å². The molecule has 0 spiro atoms. The minimum absolute atomic E-state index is 0.0590. The maximum atomic E-state index is 15.0. The summed E-state index contributed by atoms with van der Waals surface area (Å²) in [6.45, 7) is 4.25. The van der Waals surface area contributed by atoms with Crippen molar-refractivity contribution in [2.24, 2.45) is 23.7 Å². The van der Waals surface area contributed by atoms with E-state index in [4.69, 9.17) is 25.8 Å². The van der Waals surface area contributed by atoms with Crippen molar-refractivity contribution in [2.45, 2.75) is 165 Å². The van der Waals surface area contributed by atoms with Gasteiger partial charge in [-0.15, -0.1) is 11.6 Å². The Kier molecular flexibility index (Phi) is 19.7. The molecule has 8 rings (SSSR count). The summed E-state index contributed by atoms with van der Waals surface area (Å²) in [6.07, 6.45) is 0.254. The molecule has 76 heavy (non-hydrogen) atoms. The highest BCUT2D eigenvalue weighted by Gasteiger charge is 2.65. The molecular weight excluding hydrogens is 1030 g/mol. The van der Waals surface area contributed by atoms with Gasteiger partial charge in [0.05, 0.1) is 23.1 Å². The molecule has 7 nitrogen and oxygen atoms in total. The quantitative estimate of drug-likeness (QED) is 0.0538. The van der Waals surface area contributed by atoms with Gasteiger partial charge in [0.15, 0.2) is 11.6 Å². The number of halogens is 11. The van der Waals surface area contributed by atoms with Crippen LogP contribution in [0.2, 0.25) is 0 Å². The Labute approximate surface area is 441 Å². The second kappa shape index (κ2) is 25.5. The van der Waals surface area contributed by atoms with Gasteiger partial charge >= 0.3 is 36.1 Å². The predicted octanol–water partition coefficient (Wildman–Crippen LogP) is 16.4. The van der Waals surface area contributed by atoms with Gasteiger partial charge in [0.1, 0.15) is 29.4 Å². The van der Waals surface area contributed by atoms with E-state index in [-0.39, 0.29) is 72.0 Å². The van der Waals surface area contributed by atoms with Crippen molar-refractivity contribution in [3.63, 3.8) is 0 Å². The first-order chi connectivity index (χ1) is 36.0. The van der Waals surface area contributed by atoms with E-state index in [2.05, 4.69) is 42.8 Å². The SMILES string of the molecule is CCC1CCC(c2cc(F)c(-c3ccc(C(F)(F)OC4CCC(OC(=O)C(F)(F)C(F)(F)F)CC4)cc3)c(F)c2)CC1.Cc1ccc(C2CCC(C3CCC(C(=O)Oc4ccc(OC(=O)CCl)c(F)c4)CC3)CC2)cc1. The molecule has 0 unspecified atom stereocenters. The molecule has 414 valence electrons. The van der Waals surface area contributed by atoms with Crippen molar-refractivity contribution < 1.29 is 77.2 Å². The van der Waals surface area contributed by atoms with Crippen molar-refractivity contribution >= 4 is 29.5 Å². The first kappa shape index (κ1) is 58.5. The van der Waals surface area contributed by atoms with Crippen LogP contribution in [-0.2, 0) is 30.0 Å². The summed E-state index contributed by atoms with van der Waals surface area (Å²) in [7, 11) is 0. The third kappa shape index (κ3) is 14.9. The van der Waals surface area contributed by atoms with Gasteiger partial charge in [0.25, 0.3) is 0 Å². The summed E-state index contributed by atoms with van der Waals surface area (Å²) in [4.78, 5) is 35.1. The Morgan fingerprint density at radius 1 is 0.592 bits per heavy atom. The summed E-state index contributed by atoms with van der Waals surface area (Å²) >= 11 is 5.37. The molecule has 0 amide bonds. The van der Waals surface area contributed by atoms with Crippen molar-refractivity contribution in [3.05, 3.63) is 119 Å². The molecule has 0 saturated heterocycles. The minimum Gasteiger partial charge on any atom is -0.458 e. The van der Waals surface area contributed by atoms with E-state index in [1.54, 1.807) is 0 Å². The van der Waals surface area contributed by atoms with Crippen LogP contribution in [0.3, 0.4) is 0 Å². The molecule has 0 N–H and O–H groups in total. The number of rotatable bonds is 14. The Morgan fingerprint density at radius 2 is 1.13 bits per heavy atom. The number of esters is 3. The first-order valence-electron chi connectivity index (χ1n) is 26.2. The fourth-order valence-electron chi connectivity index (χ4n) is 11.3. The average molecular weight is 1100 g/mol. The number of hydrogen-bond donors (Lipinski definition) is 0. The van der Waals surface area contributed by atoms with Gasteiger partial charge in [-0.25, -0.2) is 18.0 Å². The highest BCUT2D eigenvalue weighted by atomic mass is 35.5. The average Bonchev–Trinajstić information content (AvgIpc) is 3.40. The van der Waals surface area contributed by atoms with Crippen LogP contribution in [0.4, 0.5) is 43.9 Å². The van der Waals surface area contributed by atoms with Crippen molar-refractivity contribution in [2.75, 3.05) is 5.88 Å². The summed E-state index contributed by atoms with van der Waals surface area (Å²) in [5.41, 5.74) is 2.48. The van der Waals surface area contributed by atoms with E-state index in [0.717, 1.165) is 94.0 Å². The molecule has 0 radical (unpaired) electrons. The molecule has 4 saturated carbocycles. The van der Waals surface area contributed by atoms with Gasteiger partial charge in [-0.05, 0) is 192 Å². The minimum atomic E-state index is -6.11. The van der Waals surface area contributed by atoms with Crippen LogP contribution >= 0.6 is 11.6 Å². The van der Waals surface area contributed by atoms with Crippen LogP contribution in [0.1, 0.15) is 150 Å². The molecule has 4 aliphatic carbocycles. The topological polar surface area (TPSA) is 88.1 Å². The van der Waals surface area contributed by atoms with Crippen LogP contribution in [0.25, 0.3) is 11.1 Å². The Morgan fingerprint density at radius 3 is 1.67 bits per heavy atom. The number of hydrogen-bond acceptors (Lipinski definition) is 7. The maximum absolute atomic E-state index is 15.0. The molecule has 0 aliphatic heterocycles. The molecule has 4 aliphatic rings. The standard InChI is InChI=1S/C30H31F9O3.C28H32ClFO4/c1-2-17-3-5-18(6-4-17)20-15-24(31)26(25(32)16-20)19-7-9-21(10-8-19)29(35,36)42-23-13-11-22(12-14-23)41-27(40)28(33,34)30(37,38)39;1-18-2-4-19(5-3-18)20-6-8-21(9-7-20)22-10-12-23(13-11-22)28(32)33-24-14-15-26(25(30)16-24)34-27(31)17-29/h7-10,15-18,22-23H,2-6,11-14H2,1H3;2-5,14-16,20-23H,6-13,17H2,1H3. The summed E-state index contributed by atoms with van der Waals surface area (Å²) in [6, 6.07) is 19.6. The second-order valence-corrected chi connectivity index (χ2v) is 21.1. The maximum Gasteiger partial charge on any atom is 0.465 e. The number of benzene rings is 4. The number of carbonyl (C=O) groups excluding carboxylic acids is 3. The lowest BCUT2D eigenvalue weighted by Crippen LogP contribution is -2.47. The van der Waals surface area contributed by atoms with Crippen molar-refractivity contribution in [3.8, 4) is 22.6 Å². The predicted molar refractivity (Wildman–Crippen MR) is 265 cm³/mol. The van der Waals surface area contributed by atoms with Gasteiger partial charge < -0.3 is 18.9 Å². The van der Waals surface area contributed by atoms with Crippen LogP contribution in [0.15, 0.2) is 78.9 Å². The number of carbonyl (C=O) groups is 3. The monoisotopic (exact) mass is 1100 g/mol. The third-order valence-corrected chi connectivity index (χ3v) is 16.1. The zero-order chi connectivity index (χ0) is 55.0. The second-order valence-electron chi connectivity index (χ2n) is 20.8. The van der Waals surface area contributed by atoms with Gasteiger partial charge in [-0.1, -0.05) is 55.3 Å². The molecular formula is C58H63ClF10O7. The smallest absolute Gasteiger partial charge is 0.458 e.